The number of nitrogens with zero attached hydrogens (tertiary/aromatic N) is 1. The molecule has 1 heterocycles. The van der Waals surface area contributed by atoms with E-state index in [1.54, 1.807) is 29.2 Å². The molecule has 1 fully saturated rings. The highest BCUT2D eigenvalue weighted by atomic mass is 16.5. The van der Waals surface area contributed by atoms with E-state index in [2.05, 4.69) is 5.32 Å². The van der Waals surface area contributed by atoms with Gasteiger partial charge in [-0.05, 0) is 56.2 Å². The second-order valence-electron chi connectivity index (χ2n) is 5.97. The van der Waals surface area contributed by atoms with Crippen LogP contribution in [0.1, 0.15) is 30.1 Å². The number of anilines is 1. The zero-order valence-corrected chi connectivity index (χ0v) is 14.3. The summed E-state index contributed by atoms with van der Waals surface area (Å²) in [5.74, 6) is 0.526. The molecule has 0 unspecified atom stereocenters. The highest BCUT2D eigenvalue weighted by Crippen LogP contribution is 2.22. The summed E-state index contributed by atoms with van der Waals surface area (Å²) in [5.41, 5.74) is 1.32. The standard InChI is InChI=1S/C20H22N2O3/c1-2-25-17-12-10-16(11-13-17)21-19(23)18-9-6-14-22(18)20(24)15-7-4-3-5-8-15/h3-5,7-8,10-13,18H,2,6,9,14H2,1H3,(H,21,23)/t18-/m1/s1. The number of carbonyl (C=O) groups is 2. The monoisotopic (exact) mass is 338 g/mol. The molecular formula is C20H22N2O3. The van der Waals surface area contributed by atoms with Crippen molar-refractivity contribution in [1.29, 1.82) is 0 Å². The number of rotatable bonds is 5. The molecule has 1 atom stereocenters. The Morgan fingerprint density at radius 1 is 1.12 bits per heavy atom. The molecule has 2 amide bonds. The number of amides is 2. The first-order valence-electron chi connectivity index (χ1n) is 8.59. The lowest BCUT2D eigenvalue weighted by Gasteiger charge is -2.24. The molecule has 25 heavy (non-hydrogen) atoms. The molecule has 0 aliphatic carbocycles. The fourth-order valence-corrected chi connectivity index (χ4v) is 3.06. The van der Waals surface area contributed by atoms with Crippen molar-refractivity contribution in [2.45, 2.75) is 25.8 Å². The predicted octanol–water partition coefficient (Wildman–Crippen LogP) is 3.33. The Kier molecular flexibility index (Phi) is 5.33. The van der Waals surface area contributed by atoms with Crippen LogP contribution in [-0.2, 0) is 4.79 Å². The first-order valence-corrected chi connectivity index (χ1v) is 8.59. The van der Waals surface area contributed by atoms with E-state index in [4.69, 9.17) is 4.74 Å². The molecule has 0 bridgehead atoms. The normalized spacial score (nSPS) is 16.5. The van der Waals surface area contributed by atoms with Crippen LogP contribution in [0.4, 0.5) is 5.69 Å². The van der Waals surface area contributed by atoms with E-state index in [1.165, 1.54) is 0 Å². The molecule has 2 aromatic carbocycles. The number of likely N-dealkylation sites (tertiary alicyclic amines) is 1. The zero-order valence-electron chi connectivity index (χ0n) is 14.3. The molecule has 1 aliphatic rings. The molecule has 0 spiro atoms. The van der Waals surface area contributed by atoms with Gasteiger partial charge in [0.05, 0.1) is 6.61 Å². The van der Waals surface area contributed by atoms with Crippen LogP contribution in [0.25, 0.3) is 0 Å². The number of carbonyl (C=O) groups excluding carboxylic acids is 2. The van der Waals surface area contributed by atoms with Crippen LogP contribution in [0.3, 0.4) is 0 Å². The largest absolute Gasteiger partial charge is 0.494 e. The Balaban J connectivity index is 1.67. The van der Waals surface area contributed by atoms with Gasteiger partial charge >= 0.3 is 0 Å². The van der Waals surface area contributed by atoms with Crippen molar-refractivity contribution < 1.29 is 14.3 Å². The average molecular weight is 338 g/mol. The lowest BCUT2D eigenvalue weighted by molar-refractivity contribution is -0.119. The van der Waals surface area contributed by atoms with Crippen LogP contribution in [0, 0.1) is 0 Å². The van der Waals surface area contributed by atoms with Gasteiger partial charge in [-0.1, -0.05) is 18.2 Å². The molecule has 0 radical (unpaired) electrons. The number of ether oxygens (including phenoxy) is 1. The van der Waals surface area contributed by atoms with Gasteiger partial charge in [-0.3, -0.25) is 9.59 Å². The van der Waals surface area contributed by atoms with E-state index in [1.807, 2.05) is 37.3 Å². The summed E-state index contributed by atoms with van der Waals surface area (Å²) in [5, 5.41) is 2.90. The van der Waals surface area contributed by atoms with Crippen molar-refractivity contribution in [3.63, 3.8) is 0 Å². The highest BCUT2D eigenvalue weighted by molar-refractivity contribution is 6.01. The van der Waals surface area contributed by atoms with Gasteiger partial charge in [0.25, 0.3) is 5.91 Å². The molecule has 0 aromatic heterocycles. The first-order chi connectivity index (χ1) is 12.2. The molecule has 1 N–H and O–H groups in total. The number of hydrogen-bond donors (Lipinski definition) is 1. The Morgan fingerprint density at radius 2 is 1.84 bits per heavy atom. The third-order valence-electron chi connectivity index (χ3n) is 4.27. The topological polar surface area (TPSA) is 58.6 Å². The number of benzene rings is 2. The van der Waals surface area contributed by atoms with Crippen molar-refractivity contribution in [1.82, 2.24) is 4.90 Å². The summed E-state index contributed by atoms with van der Waals surface area (Å²) in [6.07, 6.45) is 1.52. The average Bonchev–Trinajstić information content (AvgIpc) is 3.13. The maximum atomic E-state index is 12.7. The van der Waals surface area contributed by atoms with Gasteiger partial charge < -0.3 is 15.0 Å². The van der Waals surface area contributed by atoms with Gasteiger partial charge in [0.2, 0.25) is 5.91 Å². The summed E-state index contributed by atoms with van der Waals surface area (Å²) in [7, 11) is 0. The molecule has 5 heteroatoms. The second-order valence-corrected chi connectivity index (χ2v) is 5.97. The minimum Gasteiger partial charge on any atom is -0.494 e. The smallest absolute Gasteiger partial charge is 0.254 e. The van der Waals surface area contributed by atoms with Gasteiger partial charge in [-0.2, -0.15) is 0 Å². The number of hydrogen-bond acceptors (Lipinski definition) is 3. The van der Waals surface area contributed by atoms with Gasteiger partial charge in [-0.25, -0.2) is 0 Å². The molecular weight excluding hydrogens is 316 g/mol. The Labute approximate surface area is 147 Å². The summed E-state index contributed by atoms with van der Waals surface area (Å²) in [6.45, 7) is 3.13. The molecule has 0 saturated carbocycles. The molecule has 3 rings (SSSR count). The quantitative estimate of drug-likeness (QED) is 0.910. The fourth-order valence-electron chi connectivity index (χ4n) is 3.06. The lowest BCUT2D eigenvalue weighted by Crippen LogP contribution is -2.43. The molecule has 1 saturated heterocycles. The Morgan fingerprint density at radius 3 is 2.52 bits per heavy atom. The second kappa shape index (κ2) is 7.83. The van der Waals surface area contributed by atoms with Crippen molar-refractivity contribution in [2.24, 2.45) is 0 Å². The van der Waals surface area contributed by atoms with Crippen LogP contribution in [0.2, 0.25) is 0 Å². The van der Waals surface area contributed by atoms with Crippen molar-refractivity contribution in [2.75, 3.05) is 18.5 Å². The van der Waals surface area contributed by atoms with E-state index in [9.17, 15) is 9.59 Å². The predicted molar refractivity (Wildman–Crippen MR) is 96.7 cm³/mol. The summed E-state index contributed by atoms with van der Waals surface area (Å²) in [6, 6.07) is 15.9. The maximum Gasteiger partial charge on any atom is 0.254 e. The third kappa shape index (κ3) is 3.99. The van der Waals surface area contributed by atoms with Gasteiger partial charge in [-0.15, -0.1) is 0 Å². The minimum absolute atomic E-state index is 0.0926. The van der Waals surface area contributed by atoms with Crippen LogP contribution < -0.4 is 10.1 Å². The first kappa shape index (κ1) is 17.0. The van der Waals surface area contributed by atoms with E-state index in [0.717, 1.165) is 12.2 Å². The van der Waals surface area contributed by atoms with Crippen LogP contribution in [0.5, 0.6) is 5.75 Å². The van der Waals surface area contributed by atoms with E-state index in [0.29, 0.717) is 30.8 Å². The maximum absolute atomic E-state index is 12.7. The number of nitrogens with one attached hydrogen (secondary N) is 1. The third-order valence-corrected chi connectivity index (χ3v) is 4.27. The molecule has 130 valence electrons. The SMILES string of the molecule is CCOc1ccc(NC(=O)[C@H]2CCCN2C(=O)c2ccccc2)cc1. The van der Waals surface area contributed by atoms with E-state index < -0.39 is 6.04 Å². The van der Waals surface area contributed by atoms with Gasteiger partial charge in [0.15, 0.2) is 0 Å². The van der Waals surface area contributed by atoms with Gasteiger partial charge in [0.1, 0.15) is 11.8 Å². The molecule has 2 aromatic rings. The van der Waals surface area contributed by atoms with Crippen molar-refractivity contribution in [3.05, 3.63) is 60.2 Å². The fraction of sp³-hybridized carbons (Fsp3) is 0.300. The van der Waals surface area contributed by atoms with Gasteiger partial charge in [0, 0.05) is 17.8 Å². The lowest BCUT2D eigenvalue weighted by atomic mass is 10.1. The zero-order chi connectivity index (χ0) is 17.6. The molecule has 5 nitrogen and oxygen atoms in total. The van der Waals surface area contributed by atoms with Crippen LogP contribution in [-0.4, -0.2) is 35.9 Å². The van der Waals surface area contributed by atoms with E-state index in [-0.39, 0.29) is 11.8 Å². The Hall–Kier alpha value is -2.82. The minimum atomic E-state index is -0.431. The molecule has 1 aliphatic heterocycles. The van der Waals surface area contributed by atoms with E-state index >= 15 is 0 Å². The van der Waals surface area contributed by atoms with Crippen molar-refractivity contribution in [3.8, 4) is 5.75 Å². The van der Waals surface area contributed by atoms with Crippen molar-refractivity contribution >= 4 is 17.5 Å². The summed E-state index contributed by atoms with van der Waals surface area (Å²) in [4.78, 5) is 27.0. The highest BCUT2D eigenvalue weighted by Gasteiger charge is 2.34. The van der Waals surface area contributed by atoms with Crippen LogP contribution in [0.15, 0.2) is 54.6 Å². The van der Waals surface area contributed by atoms with Crippen LogP contribution >= 0.6 is 0 Å². The summed E-state index contributed by atoms with van der Waals surface area (Å²) >= 11 is 0. The Bertz CT molecular complexity index is 728. The summed E-state index contributed by atoms with van der Waals surface area (Å²) < 4.78 is 5.40.